The van der Waals surface area contributed by atoms with Gasteiger partial charge in [0.05, 0.1) is 4.53 Å². The molecular formula is C16H9BrN4OS. The molecule has 0 aliphatic heterocycles. The molecule has 23 heavy (non-hydrogen) atoms. The van der Waals surface area contributed by atoms with Crippen molar-refractivity contribution in [2.45, 2.75) is 0 Å². The van der Waals surface area contributed by atoms with E-state index in [1.165, 1.54) is 15.9 Å². The number of benzene rings is 1. The van der Waals surface area contributed by atoms with Crippen LogP contribution in [0.25, 0.3) is 22.4 Å². The van der Waals surface area contributed by atoms with Crippen LogP contribution in [0.1, 0.15) is 5.56 Å². The molecule has 1 aromatic carbocycles. The topological polar surface area (TPSA) is 60.2 Å². The van der Waals surface area contributed by atoms with Crippen LogP contribution in [-0.2, 0) is 0 Å². The minimum absolute atomic E-state index is 0.164. The minimum atomic E-state index is -0.164. The van der Waals surface area contributed by atoms with Gasteiger partial charge in [0.25, 0.3) is 5.56 Å². The molecule has 7 heteroatoms. The Morgan fingerprint density at radius 1 is 1.17 bits per heavy atom. The molecule has 0 saturated heterocycles. The molecule has 0 radical (unpaired) electrons. The molecule has 4 aromatic rings. The van der Waals surface area contributed by atoms with Gasteiger partial charge in [-0.2, -0.15) is 9.50 Å². The van der Waals surface area contributed by atoms with Crippen molar-refractivity contribution in [2.75, 3.05) is 0 Å². The zero-order chi connectivity index (χ0) is 15.8. The first-order valence-electron chi connectivity index (χ1n) is 6.78. The number of thiazole rings is 1. The van der Waals surface area contributed by atoms with Crippen molar-refractivity contribution in [1.29, 1.82) is 0 Å². The van der Waals surface area contributed by atoms with Crippen LogP contribution in [0.3, 0.4) is 0 Å². The van der Waals surface area contributed by atoms with Crippen LogP contribution in [0, 0.1) is 0 Å². The minimum Gasteiger partial charge on any atom is -0.266 e. The number of fused-ring (bicyclic) bond motifs is 1. The Morgan fingerprint density at radius 2 is 2.04 bits per heavy atom. The van der Waals surface area contributed by atoms with Crippen LogP contribution in [0.4, 0.5) is 0 Å². The molecular weight excluding hydrogens is 376 g/mol. The molecule has 0 aliphatic carbocycles. The standard InChI is InChI=1S/C16H9BrN4OS/c17-12-6-2-1-4-10(12)8-13-15(22)21-16(23-13)19-14(20-21)11-5-3-7-18-9-11/h1-9H. The summed E-state index contributed by atoms with van der Waals surface area (Å²) in [5.74, 6) is 0.508. The zero-order valence-corrected chi connectivity index (χ0v) is 14.1. The molecule has 0 bridgehead atoms. The molecule has 0 unspecified atom stereocenters. The molecule has 5 nitrogen and oxygen atoms in total. The molecule has 4 rings (SSSR count). The van der Waals surface area contributed by atoms with E-state index in [0.717, 1.165) is 15.6 Å². The van der Waals surface area contributed by atoms with E-state index in [1.54, 1.807) is 12.4 Å². The fraction of sp³-hybridized carbons (Fsp3) is 0. The van der Waals surface area contributed by atoms with E-state index in [4.69, 9.17) is 0 Å². The summed E-state index contributed by atoms with van der Waals surface area (Å²) in [5, 5.41) is 4.30. The van der Waals surface area contributed by atoms with Crippen molar-refractivity contribution < 1.29 is 0 Å². The summed E-state index contributed by atoms with van der Waals surface area (Å²) in [6, 6.07) is 11.4. The number of pyridine rings is 1. The average Bonchev–Trinajstić information content (AvgIpc) is 3.11. The van der Waals surface area contributed by atoms with E-state index >= 15 is 0 Å². The Labute approximate surface area is 143 Å². The Bertz CT molecular complexity index is 1100. The highest BCUT2D eigenvalue weighted by atomic mass is 79.9. The predicted molar refractivity (Wildman–Crippen MR) is 93.3 cm³/mol. The summed E-state index contributed by atoms with van der Waals surface area (Å²) in [7, 11) is 0. The second kappa shape index (κ2) is 5.68. The smallest absolute Gasteiger partial charge is 0.266 e. The van der Waals surface area contributed by atoms with Gasteiger partial charge in [-0.15, -0.1) is 5.10 Å². The molecule has 0 fully saturated rings. The maximum Gasteiger partial charge on any atom is 0.291 e. The first-order chi connectivity index (χ1) is 11.2. The summed E-state index contributed by atoms with van der Waals surface area (Å²) in [6.07, 6.45) is 5.21. The quantitative estimate of drug-likeness (QED) is 0.532. The van der Waals surface area contributed by atoms with Gasteiger partial charge in [-0.3, -0.25) is 9.78 Å². The number of hydrogen-bond acceptors (Lipinski definition) is 5. The summed E-state index contributed by atoms with van der Waals surface area (Å²) in [4.78, 5) is 21.5. The van der Waals surface area contributed by atoms with Crippen LogP contribution in [-0.4, -0.2) is 19.6 Å². The Kier molecular flexibility index (Phi) is 3.51. The second-order valence-electron chi connectivity index (χ2n) is 4.81. The Morgan fingerprint density at radius 3 is 2.78 bits per heavy atom. The molecule has 112 valence electrons. The number of halogens is 1. The van der Waals surface area contributed by atoms with Gasteiger partial charge in [0.15, 0.2) is 5.82 Å². The molecule has 0 aliphatic rings. The third-order valence-corrected chi connectivity index (χ3v) is 4.97. The van der Waals surface area contributed by atoms with E-state index in [9.17, 15) is 4.79 Å². The average molecular weight is 385 g/mol. The molecule has 0 amide bonds. The lowest BCUT2D eigenvalue weighted by Gasteiger charge is -1.94. The van der Waals surface area contributed by atoms with E-state index in [1.807, 2.05) is 42.5 Å². The van der Waals surface area contributed by atoms with Gasteiger partial charge in [-0.05, 0) is 29.8 Å². The predicted octanol–water partition coefficient (Wildman–Crippen LogP) is 2.52. The van der Waals surface area contributed by atoms with Crippen molar-refractivity contribution in [3.8, 4) is 11.4 Å². The lowest BCUT2D eigenvalue weighted by atomic mass is 10.2. The summed E-state index contributed by atoms with van der Waals surface area (Å²) < 4.78 is 2.88. The van der Waals surface area contributed by atoms with Gasteiger partial charge in [0, 0.05) is 22.4 Å². The SMILES string of the molecule is O=c1c(=Cc2ccccc2Br)sc2nc(-c3cccnc3)nn12. The molecule has 3 heterocycles. The van der Waals surface area contributed by atoms with Crippen LogP contribution in [0.15, 0.2) is 58.1 Å². The fourth-order valence-corrected chi connectivity index (χ4v) is 3.48. The summed E-state index contributed by atoms with van der Waals surface area (Å²) in [5.41, 5.74) is 1.57. The molecule has 0 spiro atoms. The lowest BCUT2D eigenvalue weighted by molar-refractivity contribution is 0.936. The second-order valence-corrected chi connectivity index (χ2v) is 6.67. The number of hydrogen-bond donors (Lipinski definition) is 0. The third kappa shape index (κ3) is 2.58. The highest BCUT2D eigenvalue weighted by Crippen LogP contribution is 2.17. The van der Waals surface area contributed by atoms with E-state index in [0.29, 0.717) is 15.3 Å². The highest BCUT2D eigenvalue weighted by molar-refractivity contribution is 9.10. The summed E-state index contributed by atoms with van der Waals surface area (Å²) in [6.45, 7) is 0. The van der Waals surface area contributed by atoms with E-state index in [-0.39, 0.29) is 5.56 Å². The third-order valence-electron chi connectivity index (χ3n) is 3.29. The highest BCUT2D eigenvalue weighted by Gasteiger charge is 2.12. The normalized spacial score (nSPS) is 12.1. The van der Waals surface area contributed by atoms with Crippen molar-refractivity contribution in [3.05, 3.63) is 73.7 Å². The first-order valence-corrected chi connectivity index (χ1v) is 8.39. The fourth-order valence-electron chi connectivity index (χ4n) is 2.18. The largest absolute Gasteiger partial charge is 0.291 e. The molecule has 3 aromatic heterocycles. The number of rotatable bonds is 2. The lowest BCUT2D eigenvalue weighted by Crippen LogP contribution is -2.23. The van der Waals surface area contributed by atoms with Crippen molar-refractivity contribution in [1.82, 2.24) is 19.6 Å². The van der Waals surface area contributed by atoms with Crippen LogP contribution in [0.5, 0.6) is 0 Å². The van der Waals surface area contributed by atoms with Crippen LogP contribution < -0.4 is 10.1 Å². The maximum absolute atomic E-state index is 12.5. The number of aromatic nitrogens is 4. The van der Waals surface area contributed by atoms with Crippen LogP contribution >= 0.6 is 27.3 Å². The van der Waals surface area contributed by atoms with Crippen molar-refractivity contribution in [3.63, 3.8) is 0 Å². The van der Waals surface area contributed by atoms with Gasteiger partial charge >= 0.3 is 0 Å². The van der Waals surface area contributed by atoms with Gasteiger partial charge < -0.3 is 0 Å². The Hall–Kier alpha value is -2.38. The van der Waals surface area contributed by atoms with Gasteiger partial charge in [0.2, 0.25) is 4.96 Å². The van der Waals surface area contributed by atoms with Crippen molar-refractivity contribution >= 4 is 38.3 Å². The van der Waals surface area contributed by atoms with Crippen molar-refractivity contribution in [2.24, 2.45) is 0 Å². The van der Waals surface area contributed by atoms with E-state index < -0.39 is 0 Å². The Balaban J connectivity index is 1.86. The van der Waals surface area contributed by atoms with Crippen LogP contribution in [0.2, 0.25) is 0 Å². The molecule has 0 N–H and O–H groups in total. The maximum atomic E-state index is 12.5. The summed E-state index contributed by atoms with van der Waals surface area (Å²) >= 11 is 4.80. The number of nitrogens with zero attached hydrogens (tertiary/aromatic N) is 4. The molecule has 0 atom stereocenters. The van der Waals surface area contributed by atoms with Gasteiger partial charge in [-0.25, -0.2) is 0 Å². The van der Waals surface area contributed by atoms with Gasteiger partial charge in [0.1, 0.15) is 0 Å². The zero-order valence-electron chi connectivity index (χ0n) is 11.7. The molecule has 0 saturated carbocycles. The monoisotopic (exact) mass is 384 g/mol. The first kappa shape index (κ1) is 14.2. The van der Waals surface area contributed by atoms with E-state index in [2.05, 4.69) is 31.0 Å². The van der Waals surface area contributed by atoms with Gasteiger partial charge in [-0.1, -0.05) is 45.5 Å².